The number of carbonyl (C=O) groups excluding carboxylic acids is 1. The Bertz CT molecular complexity index is 299. The van der Waals surface area contributed by atoms with Gasteiger partial charge in [0, 0.05) is 13.1 Å². The minimum Gasteiger partial charge on any atom is -0.391 e. The zero-order chi connectivity index (χ0) is 9.26. The molecular weight excluding hydrogens is 188 g/mol. The van der Waals surface area contributed by atoms with Crippen LogP contribution in [0.25, 0.3) is 0 Å². The van der Waals surface area contributed by atoms with Crippen LogP contribution >= 0.6 is 11.3 Å². The van der Waals surface area contributed by atoms with Crippen molar-refractivity contribution in [3.63, 3.8) is 0 Å². The summed E-state index contributed by atoms with van der Waals surface area (Å²) in [5.74, 6) is -0.0148. The van der Waals surface area contributed by atoms with Gasteiger partial charge in [-0.15, -0.1) is 11.3 Å². The summed E-state index contributed by atoms with van der Waals surface area (Å²) in [6.45, 7) is 1.11. The van der Waals surface area contributed by atoms with E-state index >= 15 is 0 Å². The van der Waals surface area contributed by atoms with Crippen LogP contribution < -0.4 is 0 Å². The summed E-state index contributed by atoms with van der Waals surface area (Å²) in [5.41, 5.74) is 1.64. The molecule has 5 heteroatoms. The number of carbonyl (C=O) groups is 1. The number of nitrogens with zero attached hydrogens (tertiary/aromatic N) is 2. The first-order valence-corrected chi connectivity index (χ1v) is 5.01. The van der Waals surface area contributed by atoms with Crippen molar-refractivity contribution in [2.45, 2.75) is 12.5 Å². The molecule has 1 N–H and O–H groups in total. The number of aliphatic hydroxyl groups is 1. The van der Waals surface area contributed by atoms with Crippen LogP contribution in [-0.4, -0.2) is 40.1 Å². The van der Waals surface area contributed by atoms with E-state index in [1.807, 2.05) is 0 Å². The highest BCUT2D eigenvalue weighted by Gasteiger charge is 2.25. The first-order valence-electron chi connectivity index (χ1n) is 4.13. The van der Waals surface area contributed by atoms with E-state index in [-0.39, 0.29) is 12.0 Å². The van der Waals surface area contributed by atoms with E-state index in [2.05, 4.69) is 4.98 Å². The van der Waals surface area contributed by atoms with Gasteiger partial charge in [0.25, 0.3) is 5.91 Å². The standard InChI is InChI=1S/C8H10N2O2S/c11-6-1-2-10(4-6)8(12)7-3-9-5-13-7/h3,5-6,11H,1-2,4H2. The summed E-state index contributed by atoms with van der Waals surface area (Å²) < 4.78 is 0. The van der Waals surface area contributed by atoms with Crippen LogP contribution in [0.1, 0.15) is 16.1 Å². The highest BCUT2D eigenvalue weighted by atomic mass is 32.1. The highest BCUT2D eigenvalue weighted by Crippen LogP contribution is 2.15. The monoisotopic (exact) mass is 198 g/mol. The second-order valence-electron chi connectivity index (χ2n) is 3.06. The van der Waals surface area contributed by atoms with Crippen LogP contribution in [0.2, 0.25) is 0 Å². The van der Waals surface area contributed by atoms with Crippen LogP contribution in [0.3, 0.4) is 0 Å². The van der Waals surface area contributed by atoms with Gasteiger partial charge in [0.1, 0.15) is 4.88 Å². The number of rotatable bonds is 1. The van der Waals surface area contributed by atoms with Crippen LogP contribution in [0.5, 0.6) is 0 Å². The molecule has 0 radical (unpaired) electrons. The molecule has 1 unspecified atom stereocenters. The number of aromatic nitrogens is 1. The lowest BCUT2D eigenvalue weighted by Crippen LogP contribution is -2.28. The van der Waals surface area contributed by atoms with Gasteiger partial charge in [-0.05, 0) is 6.42 Å². The van der Waals surface area contributed by atoms with Gasteiger partial charge in [-0.2, -0.15) is 0 Å². The quantitative estimate of drug-likeness (QED) is 0.708. The molecule has 1 amide bonds. The molecule has 70 valence electrons. The van der Waals surface area contributed by atoms with Crippen LogP contribution in [0.4, 0.5) is 0 Å². The lowest BCUT2D eigenvalue weighted by molar-refractivity contribution is 0.0769. The molecule has 0 aliphatic carbocycles. The number of aliphatic hydroxyl groups excluding tert-OH is 1. The van der Waals surface area contributed by atoms with Gasteiger partial charge >= 0.3 is 0 Å². The van der Waals surface area contributed by atoms with E-state index in [1.54, 1.807) is 16.6 Å². The van der Waals surface area contributed by atoms with Crippen LogP contribution in [0.15, 0.2) is 11.7 Å². The maximum Gasteiger partial charge on any atom is 0.265 e. The molecule has 13 heavy (non-hydrogen) atoms. The van der Waals surface area contributed by atoms with E-state index < -0.39 is 0 Å². The number of β-amino-alcohol motifs (C(OH)–C–C–N with tert-alkyl or cyclic N) is 1. The Hall–Kier alpha value is -0.940. The van der Waals surface area contributed by atoms with Crippen molar-refractivity contribution in [3.05, 3.63) is 16.6 Å². The Morgan fingerprint density at radius 2 is 2.62 bits per heavy atom. The van der Waals surface area contributed by atoms with Crippen molar-refractivity contribution in [3.8, 4) is 0 Å². The zero-order valence-corrected chi connectivity index (χ0v) is 7.83. The first kappa shape index (κ1) is 8.65. The second kappa shape index (κ2) is 3.43. The van der Waals surface area contributed by atoms with Gasteiger partial charge in [0.05, 0.1) is 17.8 Å². The minimum absolute atomic E-state index is 0.0148. The SMILES string of the molecule is O=C(c1cncs1)N1CCC(O)C1. The molecule has 2 rings (SSSR count). The van der Waals surface area contributed by atoms with Gasteiger partial charge in [-0.25, -0.2) is 0 Å². The first-order chi connectivity index (χ1) is 6.27. The van der Waals surface area contributed by atoms with E-state index in [9.17, 15) is 9.90 Å². The van der Waals surface area contributed by atoms with Crippen molar-refractivity contribution in [2.75, 3.05) is 13.1 Å². The lowest BCUT2D eigenvalue weighted by atomic mass is 10.3. The predicted molar refractivity (Wildman–Crippen MR) is 48.6 cm³/mol. The third-order valence-electron chi connectivity index (χ3n) is 2.09. The van der Waals surface area contributed by atoms with Gasteiger partial charge in [0.15, 0.2) is 0 Å². The Labute approximate surface area is 79.8 Å². The van der Waals surface area contributed by atoms with E-state index in [1.165, 1.54) is 11.3 Å². The van der Waals surface area contributed by atoms with Crippen molar-refractivity contribution >= 4 is 17.2 Å². The van der Waals surface area contributed by atoms with Crippen molar-refractivity contribution in [2.24, 2.45) is 0 Å². The molecule has 0 aromatic carbocycles. The maximum absolute atomic E-state index is 11.6. The molecule has 0 spiro atoms. The summed E-state index contributed by atoms with van der Waals surface area (Å²) in [6.07, 6.45) is 1.90. The smallest absolute Gasteiger partial charge is 0.265 e. The van der Waals surface area contributed by atoms with Gasteiger partial charge in [0.2, 0.25) is 0 Å². The molecule has 0 saturated carbocycles. The third kappa shape index (κ3) is 1.71. The van der Waals surface area contributed by atoms with E-state index in [0.29, 0.717) is 24.4 Å². The third-order valence-corrected chi connectivity index (χ3v) is 2.85. The number of likely N-dealkylation sites (tertiary alicyclic amines) is 1. The van der Waals surface area contributed by atoms with Crippen molar-refractivity contribution < 1.29 is 9.90 Å². The number of hydrogen-bond acceptors (Lipinski definition) is 4. The highest BCUT2D eigenvalue weighted by molar-refractivity contribution is 7.11. The Morgan fingerprint density at radius 3 is 3.15 bits per heavy atom. The number of hydrogen-bond donors (Lipinski definition) is 1. The van der Waals surface area contributed by atoms with E-state index in [4.69, 9.17) is 0 Å². The normalized spacial score (nSPS) is 22.2. The van der Waals surface area contributed by atoms with Crippen molar-refractivity contribution in [1.29, 1.82) is 0 Å². The van der Waals surface area contributed by atoms with Gasteiger partial charge in [-0.1, -0.05) is 0 Å². The molecule has 1 atom stereocenters. The topological polar surface area (TPSA) is 53.4 Å². The Kier molecular flexibility index (Phi) is 2.28. The second-order valence-corrected chi connectivity index (χ2v) is 3.95. The molecule has 0 bridgehead atoms. The molecule has 1 aromatic heterocycles. The number of amides is 1. The molecule has 2 heterocycles. The fourth-order valence-corrected chi connectivity index (χ4v) is 1.99. The molecule has 4 nitrogen and oxygen atoms in total. The average Bonchev–Trinajstić information content (AvgIpc) is 2.72. The zero-order valence-electron chi connectivity index (χ0n) is 7.01. The Morgan fingerprint density at radius 1 is 1.77 bits per heavy atom. The fraction of sp³-hybridized carbons (Fsp3) is 0.500. The largest absolute Gasteiger partial charge is 0.391 e. The summed E-state index contributed by atoms with van der Waals surface area (Å²) in [6, 6.07) is 0. The van der Waals surface area contributed by atoms with Gasteiger partial charge in [-0.3, -0.25) is 9.78 Å². The molecule has 1 saturated heterocycles. The summed E-state index contributed by atoms with van der Waals surface area (Å²) in [7, 11) is 0. The summed E-state index contributed by atoms with van der Waals surface area (Å²) in [5, 5.41) is 9.24. The van der Waals surface area contributed by atoms with Crippen LogP contribution in [0, 0.1) is 0 Å². The van der Waals surface area contributed by atoms with Crippen LogP contribution in [-0.2, 0) is 0 Å². The molecule has 1 aliphatic heterocycles. The van der Waals surface area contributed by atoms with Gasteiger partial charge < -0.3 is 10.0 Å². The Balaban J connectivity index is 2.06. The van der Waals surface area contributed by atoms with Crippen molar-refractivity contribution in [1.82, 2.24) is 9.88 Å². The minimum atomic E-state index is -0.350. The predicted octanol–water partition coefficient (Wildman–Crippen LogP) is 0.350. The average molecular weight is 198 g/mol. The van der Waals surface area contributed by atoms with E-state index in [0.717, 1.165) is 0 Å². The molecule has 1 aliphatic rings. The lowest BCUT2D eigenvalue weighted by Gasteiger charge is -2.13. The fourth-order valence-electron chi connectivity index (χ4n) is 1.40. The molecule has 1 fully saturated rings. The summed E-state index contributed by atoms with van der Waals surface area (Å²) in [4.78, 5) is 17.8. The molecule has 1 aromatic rings. The number of thiazole rings is 1. The summed E-state index contributed by atoms with van der Waals surface area (Å²) >= 11 is 1.34. The molecular formula is C8H10N2O2S. The maximum atomic E-state index is 11.6.